The van der Waals surface area contributed by atoms with Crippen molar-refractivity contribution in [1.82, 2.24) is 4.90 Å². The van der Waals surface area contributed by atoms with E-state index in [9.17, 15) is 15.0 Å². The molecule has 0 aromatic rings. The van der Waals surface area contributed by atoms with Crippen LogP contribution in [-0.4, -0.2) is 59.0 Å². The summed E-state index contributed by atoms with van der Waals surface area (Å²) in [5.74, 6) is -1.23. The van der Waals surface area contributed by atoms with Crippen LogP contribution in [0.3, 0.4) is 0 Å². The number of Topliss-reactive ketones (excluding diaryl/α,β-unsaturated/α-hetero) is 1. The van der Waals surface area contributed by atoms with Crippen molar-refractivity contribution >= 4 is 5.78 Å². The highest BCUT2D eigenvalue weighted by Crippen LogP contribution is 2.63. The lowest BCUT2D eigenvalue weighted by Gasteiger charge is -2.65. The van der Waals surface area contributed by atoms with Crippen molar-refractivity contribution in [1.29, 1.82) is 0 Å². The summed E-state index contributed by atoms with van der Waals surface area (Å²) in [5.41, 5.74) is 0.152. The number of allylic oxidation sites excluding steroid dienone is 1. The molecule has 1 heterocycles. The topological polar surface area (TPSA) is 70.0 Å². The second kappa shape index (κ2) is 4.76. The predicted octanol–water partition coefficient (Wildman–Crippen LogP) is 1.16. The lowest BCUT2D eigenvalue weighted by molar-refractivity contribution is -0.223. The van der Waals surface area contributed by atoms with Crippen LogP contribution in [0.15, 0.2) is 23.3 Å². The maximum atomic E-state index is 12.3. The van der Waals surface area contributed by atoms with Crippen LogP contribution in [-0.2, 0) is 9.53 Å². The minimum absolute atomic E-state index is 0.00745. The minimum atomic E-state index is -1.41. The third-order valence-corrected chi connectivity index (χ3v) is 6.74. The summed E-state index contributed by atoms with van der Waals surface area (Å²) in [4.78, 5) is 14.5. The van der Waals surface area contributed by atoms with E-state index in [1.54, 1.807) is 0 Å². The van der Waals surface area contributed by atoms with Gasteiger partial charge in [-0.25, -0.2) is 0 Å². The van der Waals surface area contributed by atoms with E-state index in [1.807, 2.05) is 13.1 Å². The molecule has 126 valence electrons. The summed E-state index contributed by atoms with van der Waals surface area (Å²) in [6.07, 6.45) is 6.94. The van der Waals surface area contributed by atoms with Gasteiger partial charge in [0, 0.05) is 43.4 Å². The zero-order chi connectivity index (χ0) is 16.5. The fourth-order valence-electron chi connectivity index (χ4n) is 5.62. The van der Waals surface area contributed by atoms with Crippen molar-refractivity contribution in [3.8, 4) is 0 Å². The molecule has 1 saturated carbocycles. The van der Waals surface area contributed by atoms with E-state index in [-0.39, 0.29) is 11.8 Å². The molecule has 5 nitrogen and oxygen atoms in total. The van der Waals surface area contributed by atoms with Crippen LogP contribution in [0.4, 0.5) is 0 Å². The molecular formula is C18H25NO4. The Bertz CT molecular complexity index is 627. The summed E-state index contributed by atoms with van der Waals surface area (Å²) in [6.45, 7) is 0.820. The molecule has 1 unspecified atom stereocenters. The normalized spacial score (nSPS) is 46.6. The number of carbonyl (C=O) groups is 1. The standard InChI is InChI=1S/C18H25NO4/c1-19-9-8-16-11-13(20)5-7-17(16,21)14(19)10-12-4-3-6-18(22,23-2)15(12)16/h3-4,14,21-22H,5-11H2,1-2H3/t14-,16-,17-,18?/m1/s1. The molecule has 0 amide bonds. The Balaban J connectivity index is 1.97. The van der Waals surface area contributed by atoms with Gasteiger partial charge < -0.3 is 19.8 Å². The van der Waals surface area contributed by atoms with Gasteiger partial charge in [0.05, 0.1) is 5.60 Å². The number of carbonyl (C=O) groups excluding carboxylic acids is 1. The van der Waals surface area contributed by atoms with E-state index in [0.29, 0.717) is 38.5 Å². The van der Waals surface area contributed by atoms with E-state index in [2.05, 4.69) is 11.0 Å². The number of methoxy groups -OCH3 is 1. The number of piperidine rings is 1. The lowest BCUT2D eigenvalue weighted by atomic mass is 9.47. The number of likely N-dealkylation sites (N-methyl/N-ethyl adjacent to an activating group) is 1. The molecule has 5 heteroatoms. The molecule has 0 radical (unpaired) electrons. The van der Waals surface area contributed by atoms with E-state index < -0.39 is 16.8 Å². The molecule has 2 N–H and O–H groups in total. The summed E-state index contributed by atoms with van der Waals surface area (Å²) >= 11 is 0. The molecule has 3 aliphatic carbocycles. The lowest BCUT2D eigenvalue weighted by Crippen LogP contribution is -2.72. The Labute approximate surface area is 136 Å². The van der Waals surface area contributed by atoms with Crippen LogP contribution in [0, 0.1) is 5.41 Å². The molecule has 0 aromatic heterocycles. The first-order valence-electron chi connectivity index (χ1n) is 8.49. The van der Waals surface area contributed by atoms with E-state index in [1.165, 1.54) is 7.11 Å². The van der Waals surface area contributed by atoms with E-state index >= 15 is 0 Å². The zero-order valence-electron chi connectivity index (χ0n) is 13.8. The van der Waals surface area contributed by atoms with Crippen LogP contribution < -0.4 is 0 Å². The maximum Gasteiger partial charge on any atom is 0.192 e. The summed E-state index contributed by atoms with van der Waals surface area (Å²) in [5, 5.41) is 22.8. The Morgan fingerprint density at radius 2 is 2.13 bits per heavy atom. The number of rotatable bonds is 1. The second-order valence-corrected chi connectivity index (χ2v) is 7.67. The van der Waals surface area contributed by atoms with Crippen molar-refractivity contribution in [2.24, 2.45) is 5.41 Å². The number of ketones is 1. The number of hydrogen-bond donors (Lipinski definition) is 2. The average Bonchev–Trinajstić information content (AvgIpc) is 2.52. The highest BCUT2D eigenvalue weighted by molar-refractivity contribution is 5.82. The first-order valence-corrected chi connectivity index (χ1v) is 8.49. The number of aliphatic hydroxyl groups is 2. The van der Waals surface area contributed by atoms with Crippen molar-refractivity contribution in [3.63, 3.8) is 0 Å². The summed E-state index contributed by atoms with van der Waals surface area (Å²) in [6, 6.07) is -0.00745. The van der Waals surface area contributed by atoms with Crippen LogP contribution in [0.1, 0.15) is 38.5 Å². The first kappa shape index (κ1) is 15.5. The zero-order valence-corrected chi connectivity index (χ0v) is 13.8. The van der Waals surface area contributed by atoms with Crippen LogP contribution in [0.5, 0.6) is 0 Å². The minimum Gasteiger partial charge on any atom is -0.387 e. The monoisotopic (exact) mass is 319 g/mol. The molecule has 0 spiro atoms. The van der Waals surface area contributed by atoms with Gasteiger partial charge in [-0.05, 0) is 38.4 Å². The van der Waals surface area contributed by atoms with Crippen molar-refractivity contribution in [3.05, 3.63) is 23.3 Å². The smallest absolute Gasteiger partial charge is 0.192 e. The predicted molar refractivity (Wildman–Crippen MR) is 84.6 cm³/mol. The Hall–Kier alpha value is -1.01. The fraction of sp³-hybridized carbons (Fsp3) is 0.722. The third kappa shape index (κ3) is 1.79. The van der Waals surface area contributed by atoms with Gasteiger partial charge in [-0.1, -0.05) is 12.2 Å². The molecule has 2 bridgehead atoms. The van der Waals surface area contributed by atoms with Crippen LogP contribution >= 0.6 is 0 Å². The summed E-state index contributed by atoms with van der Waals surface area (Å²) in [7, 11) is 3.55. The first-order chi connectivity index (χ1) is 10.9. The molecule has 4 rings (SSSR count). The maximum absolute atomic E-state index is 12.3. The number of ether oxygens (including phenoxy) is 1. The van der Waals surface area contributed by atoms with Gasteiger partial charge in [-0.2, -0.15) is 0 Å². The number of nitrogens with zero attached hydrogens (tertiary/aromatic N) is 1. The Kier molecular flexibility index (Phi) is 3.21. The molecule has 1 saturated heterocycles. The van der Waals surface area contributed by atoms with Crippen LogP contribution in [0.25, 0.3) is 0 Å². The SMILES string of the molecule is COC1(O)CC=CC2=C1[C@]13CCN(C)[C@H](C2)[C@]1(O)CCC(=O)C3. The third-order valence-electron chi connectivity index (χ3n) is 6.74. The Morgan fingerprint density at radius 3 is 2.87 bits per heavy atom. The quantitative estimate of drug-likeness (QED) is 0.710. The molecule has 0 aromatic carbocycles. The fourth-order valence-corrected chi connectivity index (χ4v) is 5.62. The van der Waals surface area contributed by atoms with Gasteiger partial charge in [-0.3, -0.25) is 4.79 Å². The van der Waals surface area contributed by atoms with Crippen molar-refractivity contribution < 1.29 is 19.7 Å². The van der Waals surface area contributed by atoms with E-state index in [0.717, 1.165) is 17.7 Å². The van der Waals surface area contributed by atoms with Crippen molar-refractivity contribution in [2.75, 3.05) is 20.7 Å². The largest absolute Gasteiger partial charge is 0.387 e. The molecular weight excluding hydrogens is 294 g/mol. The second-order valence-electron chi connectivity index (χ2n) is 7.67. The van der Waals surface area contributed by atoms with Gasteiger partial charge in [0.2, 0.25) is 0 Å². The highest BCUT2D eigenvalue weighted by Gasteiger charge is 2.68. The van der Waals surface area contributed by atoms with Crippen molar-refractivity contribution in [2.45, 2.75) is 56.0 Å². The van der Waals surface area contributed by atoms with Gasteiger partial charge in [0.15, 0.2) is 5.79 Å². The molecule has 2 fully saturated rings. The Morgan fingerprint density at radius 1 is 1.35 bits per heavy atom. The van der Waals surface area contributed by atoms with Crippen LogP contribution in [0.2, 0.25) is 0 Å². The molecule has 4 aliphatic rings. The van der Waals surface area contributed by atoms with Gasteiger partial charge >= 0.3 is 0 Å². The van der Waals surface area contributed by atoms with E-state index in [4.69, 9.17) is 4.74 Å². The highest BCUT2D eigenvalue weighted by atomic mass is 16.6. The average molecular weight is 319 g/mol. The van der Waals surface area contributed by atoms with Gasteiger partial charge in [0.25, 0.3) is 0 Å². The van der Waals surface area contributed by atoms with Gasteiger partial charge in [-0.15, -0.1) is 0 Å². The molecule has 23 heavy (non-hydrogen) atoms. The molecule has 4 atom stereocenters. The number of hydrogen-bond acceptors (Lipinski definition) is 5. The summed E-state index contributed by atoms with van der Waals surface area (Å²) < 4.78 is 5.50. The molecule has 1 aliphatic heterocycles. The van der Waals surface area contributed by atoms with Gasteiger partial charge in [0.1, 0.15) is 5.78 Å². The number of likely N-dealkylation sites (tertiary alicyclic amines) is 1.